The lowest BCUT2D eigenvalue weighted by atomic mass is 9.74. The molecule has 4 heteroatoms. The van der Waals surface area contributed by atoms with Crippen LogP contribution in [0.4, 0.5) is 0 Å². The maximum atomic E-state index is 12.2. The Bertz CT molecular complexity index is 555. The zero-order valence-electron chi connectivity index (χ0n) is 13.4. The van der Waals surface area contributed by atoms with Crippen molar-refractivity contribution >= 4 is 11.9 Å². The van der Waals surface area contributed by atoms with Gasteiger partial charge in [0.2, 0.25) is 5.91 Å². The van der Waals surface area contributed by atoms with E-state index >= 15 is 0 Å². The summed E-state index contributed by atoms with van der Waals surface area (Å²) in [5.74, 6) is -1.34. The van der Waals surface area contributed by atoms with Crippen molar-refractivity contribution in [3.8, 4) is 0 Å². The summed E-state index contributed by atoms with van der Waals surface area (Å²) >= 11 is 0. The second-order valence-electron chi connectivity index (χ2n) is 6.59. The van der Waals surface area contributed by atoms with E-state index in [1.807, 2.05) is 32.0 Å². The lowest BCUT2D eigenvalue weighted by molar-refractivity contribution is -0.146. The van der Waals surface area contributed by atoms with Gasteiger partial charge in [0, 0.05) is 6.42 Å². The fourth-order valence-electron chi connectivity index (χ4n) is 3.39. The Hall–Kier alpha value is -1.84. The first kappa shape index (κ1) is 16.5. The number of aliphatic carboxylic acids is 1. The molecular weight excluding hydrogens is 278 g/mol. The molecule has 22 heavy (non-hydrogen) atoms. The normalized spacial score (nSPS) is 24.7. The van der Waals surface area contributed by atoms with Crippen LogP contribution in [0.5, 0.6) is 0 Å². The van der Waals surface area contributed by atoms with Crippen LogP contribution in [-0.2, 0) is 16.0 Å². The number of carboxylic acid groups (broad SMARTS) is 1. The van der Waals surface area contributed by atoms with Crippen molar-refractivity contribution in [1.29, 1.82) is 0 Å². The topological polar surface area (TPSA) is 66.4 Å². The quantitative estimate of drug-likeness (QED) is 0.878. The molecule has 4 nitrogen and oxygen atoms in total. The van der Waals surface area contributed by atoms with Gasteiger partial charge in [-0.3, -0.25) is 9.59 Å². The van der Waals surface area contributed by atoms with E-state index in [9.17, 15) is 14.7 Å². The van der Waals surface area contributed by atoms with Crippen LogP contribution in [0, 0.1) is 12.8 Å². The summed E-state index contributed by atoms with van der Waals surface area (Å²) in [6.45, 7) is 3.90. The molecule has 1 saturated carbocycles. The summed E-state index contributed by atoms with van der Waals surface area (Å²) in [4.78, 5) is 23.7. The highest BCUT2D eigenvalue weighted by molar-refractivity contribution is 5.79. The van der Waals surface area contributed by atoms with Gasteiger partial charge in [-0.05, 0) is 38.7 Å². The molecule has 1 aliphatic rings. The molecule has 2 unspecified atom stereocenters. The summed E-state index contributed by atoms with van der Waals surface area (Å²) in [5.41, 5.74) is 1.70. The smallest absolute Gasteiger partial charge is 0.308 e. The summed E-state index contributed by atoms with van der Waals surface area (Å²) in [6.07, 6.45) is 4.35. The van der Waals surface area contributed by atoms with Crippen molar-refractivity contribution in [3.63, 3.8) is 0 Å². The fourth-order valence-corrected chi connectivity index (χ4v) is 3.39. The third kappa shape index (κ3) is 4.09. The van der Waals surface area contributed by atoms with Gasteiger partial charge in [0.1, 0.15) is 0 Å². The highest BCUT2D eigenvalue weighted by Crippen LogP contribution is 2.33. The van der Waals surface area contributed by atoms with Gasteiger partial charge in [0.25, 0.3) is 0 Å². The number of nitrogens with one attached hydrogen (secondary N) is 1. The molecule has 1 aromatic rings. The van der Waals surface area contributed by atoms with Crippen molar-refractivity contribution in [2.75, 3.05) is 0 Å². The lowest BCUT2D eigenvalue weighted by Gasteiger charge is -2.39. The zero-order valence-corrected chi connectivity index (χ0v) is 13.4. The Kier molecular flexibility index (Phi) is 5.22. The van der Waals surface area contributed by atoms with Crippen LogP contribution in [0.1, 0.15) is 50.2 Å². The van der Waals surface area contributed by atoms with Crippen molar-refractivity contribution in [2.45, 2.75) is 57.9 Å². The molecule has 1 aromatic carbocycles. The van der Waals surface area contributed by atoms with E-state index in [0.29, 0.717) is 19.3 Å². The van der Waals surface area contributed by atoms with Crippen LogP contribution in [0.3, 0.4) is 0 Å². The second-order valence-corrected chi connectivity index (χ2v) is 6.59. The molecule has 0 saturated heterocycles. The third-order valence-electron chi connectivity index (χ3n) is 4.65. The van der Waals surface area contributed by atoms with Gasteiger partial charge in [-0.25, -0.2) is 0 Å². The molecule has 120 valence electrons. The van der Waals surface area contributed by atoms with E-state index in [2.05, 4.69) is 11.4 Å². The monoisotopic (exact) mass is 303 g/mol. The minimum absolute atomic E-state index is 0.0582. The van der Waals surface area contributed by atoms with Gasteiger partial charge in [0.15, 0.2) is 0 Å². The number of carboxylic acids is 1. The van der Waals surface area contributed by atoms with Crippen LogP contribution in [-0.4, -0.2) is 22.5 Å². The Morgan fingerprint density at radius 3 is 2.82 bits per heavy atom. The van der Waals surface area contributed by atoms with E-state index in [1.54, 1.807) is 0 Å². The van der Waals surface area contributed by atoms with E-state index in [0.717, 1.165) is 24.8 Å². The number of aryl methyl sites for hydroxylation is 2. The number of hydrogen-bond acceptors (Lipinski definition) is 2. The summed E-state index contributed by atoms with van der Waals surface area (Å²) in [7, 11) is 0. The standard InChI is InChI=1S/C18H25NO3/c1-13-6-5-7-14(12-13)9-10-16(20)19-18(2)11-4-3-8-15(18)17(21)22/h5-7,12,15H,3-4,8-11H2,1-2H3,(H,19,20)(H,21,22). The molecule has 2 rings (SSSR count). The number of rotatable bonds is 5. The SMILES string of the molecule is Cc1cccc(CCC(=O)NC2(C)CCCCC2C(=O)O)c1. The van der Waals surface area contributed by atoms with Gasteiger partial charge in [-0.2, -0.15) is 0 Å². The Labute approximate surface area is 131 Å². The van der Waals surface area contributed by atoms with Crippen LogP contribution in [0.25, 0.3) is 0 Å². The first-order valence-corrected chi connectivity index (χ1v) is 8.00. The minimum Gasteiger partial charge on any atom is -0.481 e. The Balaban J connectivity index is 1.94. The molecule has 0 radical (unpaired) electrons. The molecule has 0 aliphatic heterocycles. The highest BCUT2D eigenvalue weighted by Gasteiger charge is 2.41. The minimum atomic E-state index is -0.804. The zero-order chi connectivity index (χ0) is 16.2. The molecule has 0 bridgehead atoms. The second kappa shape index (κ2) is 6.95. The molecule has 1 amide bonds. The van der Waals surface area contributed by atoms with Crippen molar-refractivity contribution in [2.24, 2.45) is 5.92 Å². The van der Waals surface area contributed by atoms with Gasteiger partial charge in [0.05, 0.1) is 11.5 Å². The molecule has 2 N–H and O–H groups in total. The van der Waals surface area contributed by atoms with Crippen LogP contribution in [0.15, 0.2) is 24.3 Å². The van der Waals surface area contributed by atoms with Crippen molar-refractivity contribution < 1.29 is 14.7 Å². The van der Waals surface area contributed by atoms with E-state index in [1.165, 1.54) is 5.56 Å². The van der Waals surface area contributed by atoms with Crippen LogP contribution < -0.4 is 5.32 Å². The number of benzene rings is 1. The van der Waals surface area contributed by atoms with E-state index < -0.39 is 17.4 Å². The summed E-state index contributed by atoms with van der Waals surface area (Å²) in [6, 6.07) is 8.12. The first-order valence-electron chi connectivity index (χ1n) is 8.00. The fraction of sp³-hybridized carbons (Fsp3) is 0.556. The predicted octanol–water partition coefficient (Wildman–Crippen LogP) is 3.08. The predicted molar refractivity (Wildman–Crippen MR) is 85.6 cm³/mol. The first-order chi connectivity index (χ1) is 10.4. The van der Waals surface area contributed by atoms with Crippen molar-refractivity contribution in [1.82, 2.24) is 5.32 Å². The number of carbonyl (C=O) groups excluding carboxylic acids is 1. The van der Waals surface area contributed by atoms with Gasteiger partial charge in [-0.1, -0.05) is 42.7 Å². The van der Waals surface area contributed by atoms with Crippen molar-refractivity contribution in [3.05, 3.63) is 35.4 Å². The maximum Gasteiger partial charge on any atom is 0.308 e. The molecule has 0 aromatic heterocycles. The highest BCUT2D eigenvalue weighted by atomic mass is 16.4. The van der Waals surface area contributed by atoms with Crippen LogP contribution in [0.2, 0.25) is 0 Å². The molecule has 1 fully saturated rings. The molecule has 0 heterocycles. The lowest BCUT2D eigenvalue weighted by Crippen LogP contribution is -2.55. The Morgan fingerprint density at radius 2 is 2.14 bits per heavy atom. The van der Waals surface area contributed by atoms with Gasteiger partial charge >= 0.3 is 5.97 Å². The van der Waals surface area contributed by atoms with Gasteiger partial charge in [-0.15, -0.1) is 0 Å². The number of amides is 1. The summed E-state index contributed by atoms with van der Waals surface area (Å²) < 4.78 is 0. The number of hydrogen-bond donors (Lipinski definition) is 2. The Morgan fingerprint density at radius 1 is 1.36 bits per heavy atom. The molecule has 1 aliphatic carbocycles. The maximum absolute atomic E-state index is 12.2. The molecule has 2 atom stereocenters. The average Bonchev–Trinajstić information content (AvgIpc) is 2.45. The molecular formula is C18H25NO3. The summed E-state index contributed by atoms with van der Waals surface area (Å²) in [5, 5.41) is 12.4. The van der Waals surface area contributed by atoms with Crippen LogP contribution >= 0.6 is 0 Å². The largest absolute Gasteiger partial charge is 0.481 e. The average molecular weight is 303 g/mol. The van der Waals surface area contributed by atoms with E-state index in [4.69, 9.17) is 0 Å². The van der Waals surface area contributed by atoms with Gasteiger partial charge < -0.3 is 10.4 Å². The van der Waals surface area contributed by atoms with E-state index in [-0.39, 0.29) is 5.91 Å². The number of carbonyl (C=O) groups is 2. The molecule has 0 spiro atoms. The third-order valence-corrected chi connectivity index (χ3v) is 4.65.